The molecule has 2 saturated heterocycles. The maximum atomic E-state index is 12.2. The van der Waals surface area contributed by atoms with E-state index in [0.717, 1.165) is 6.42 Å². The van der Waals surface area contributed by atoms with E-state index in [1.807, 2.05) is 0 Å². The average Bonchev–Trinajstić information content (AvgIpc) is 3.25. The number of carbonyl (C=O) groups is 4. The first-order valence-electron chi connectivity index (χ1n) is 10.0. The van der Waals surface area contributed by atoms with Crippen LogP contribution in [0.25, 0.3) is 0 Å². The lowest BCUT2D eigenvalue weighted by Crippen LogP contribution is -2.61. The van der Waals surface area contributed by atoms with Gasteiger partial charge in [0, 0.05) is 13.0 Å². The van der Waals surface area contributed by atoms with Crippen molar-refractivity contribution in [3.63, 3.8) is 0 Å². The standard InChI is InChI=1S/C18H29N3O10/c22-12(21-9(18(29)30)3-4-13(23)24)6-10-14(25)16(27)15(26)11(31-10)7-20-17(28)8-2-1-5-19-8/h8-11,14-16,19,25-27H,1-7H2,(H,20,28)(H,21,22)(H,23,24)(H,29,30)/t8-,9-,10-,11+,14+,15+,16+/m0/s1. The lowest BCUT2D eigenvalue weighted by molar-refractivity contribution is -0.221. The Labute approximate surface area is 177 Å². The Morgan fingerprint density at radius 1 is 1.03 bits per heavy atom. The topological polar surface area (TPSA) is 215 Å². The van der Waals surface area contributed by atoms with Gasteiger partial charge in [0.25, 0.3) is 0 Å². The molecular weight excluding hydrogens is 418 g/mol. The zero-order chi connectivity index (χ0) is 23.1. The largest absolute Gasteiger partial charge is 0.481 e. The van der Waals surface area contributed by atoms with E-state index in [-0.39, 0.29) is 24.9 Å². The van der Waals surface area contributed by atoms with Gasteiger partial charge in [0.15, 0.2) is 0 Å². The summed E-state index contributed by atoms with van der Waals surface area (Å²) in [5.74, 6) is -3.79. The van der Waals surface area contributed by atoms with Crippen LogP contribution in [0.3, 0.4) is 0 Å². The van der Waals surface area contributed by atoms with Crippen molar-refractivity contribution in [3.05, 3.63) is 0 Å². The van der Waals surface area contributed by atoms with Crippen molar-refractivity contribution in [2.75, 3.05) is 13.1 Å². The third-order valence-electron chi connectivity index (χ3n) is 5.33. The van der Waals surface area contributed by atoms with Gasteiger partial charge in [0.2, 0.25) is 11.8 Å². The number of aliphatic hydroxyl groups is 3. The fourth-order valence-electron chi connectivity index (χ4n) is 3.56. The van der Waals surface area contributed by atoms with Gasteiger partial charge < -0.3 is 46.2 Å². The summed E-state index contributed by atoms with van der Waals surface area (Å²) in [6, 6.07) is -1.81. The summed E-state index contributed by atoms with van der Waals surface area (Å²) in [5, 5.41) is 55.9. The number of hydrogen-bond acceptors (Lipinski definition) is 9. The third-order valence-corrected chi connectivity index (χ3v) is 5.33. The second-order valence-electron chi connectivity index (χ2n) is 7.67. The van der Waals surface area contributed by atoms with Gasteiger partial charge in [-0.25, -0.2) is 4.79 Å². The van der Waals surface area contributed by atoms with Crippen LogP contribution in [0.2, 0.25) is 0 Å². The maximum Gasteiger partial charge on any atom is 0.326 e. The number of nitrogens with one attached hydrogen (secondary N) is 3. The van der Waals surface area contributed by atoms with Gasteiger partial charge in [-0.1, -0.05) is 0 Å². The summed E-state index contributed by atoms with van der Waals surface area (Å²) in [6.07, 6.45) is -7.03. The van der Waals surface area contributed by atoms with Crippen LogP contribution in [0.5, 0.6) is 0 Å². The minimum atomic E-state index is -1.65. The van der Waals surface area contributed by atoms with Crippen LogP contribution < -0.4 is 16.0 Å². The van der Waals surface area contributed by atoms with Crippen LogP contribution in [0.1, 0.15) is 32.1 Å². The molecule has 0 aliphatic carbocycles. The maximum absolute atomic E-state index is 12.2. The number of carboxylic acid groups (broad SMARTS) is 2. The number of hydrogen-bond donors (Lipinski definition) is 8. The Bertz CT molecular complexity index is 669. The Morgan fingerprint density at radius 2 is 1.71 bits per heavy atom. The first-order valence-corrected chi connectivity index (χ1v) is 10.0. The Balaban J connectivity index is 1.92. The number of rotatable bonds is 10. The van der Waals surface area contributed by atoms with E-state index in [0.29, 0.717) is 13.0 Å². The van der Waals surface area contributed by atoms with Crippen molar-refractivity contribution in [2.24, 2.45) is 0 Å². The molecule has 2 aliphatic rings. The average molecular weight is 447 g/mol. The lowest BCUT2D eigenvalue weighted by Gasteiger charge is -2.40. The number of aliphatic hydroxyl groups excluding tert-OH is 3. The fraction of sp³-hybridized carbons (Fsp3) is 0.778. The van der Waals surface area contributed by atoms with E-state index >= 15 is 0 Å². The van der Waals surface area contributed by atoms with Crippen molar-refractivity contribution in [1.29, 1.82) is 0 Å². The van der Waals surface area contributed by atoms with Crippen molar-refractivity contribution in [1.82, 2.24) is 16.0 Å². The predicted molar refractivity (Wildman–Crippen MR) is 102 cm³/mol. The lowest BCUT2D eigenvalue weighted by atomic mass is 9.93. The van der Waals surface area contributed by atoms with E-state index in [1.54, 1.807) is 0 Å². The van der Waals surface area contributed by atoms with Crippen molar-refractivity contribution >= 4 is 23.8 Å². The quantitative estimate of drug-likeness (QED) is 0.165. The Hall–Kier alpha value is -2.32. The molecule has 2 fully saturated rings. The molecule has 2 amide bonds. The minimum absolute atomic E-state index is 0.170. The first kappa shape index (κ1) is 24.9. The second-order valence-corrected chi connectivity index (χ2v) is 7.67. The number of amides is 2. The molecule has 2 heterocycles. The molecule has 0 saturated carbocycles. The highest BCUT2D eigenvalue weighted by atomic mass is 16.5. The molecule has 176 valence electrons. The minimum Gasteiger partial charge on any atom is -0.481 e. The molecule has 0 aromatic carbocycles. The molecule has 13 heteroatoms. The molecule has 0 spiro atoms. The fourth-order valence-corrected chi connectivity index (χ4v) is 3.56. The molecule has 2 aliphatic heterocycles. The van der Waals surface area contributed by atoms with Gasteiger partial charge >= 0.3 is 11.9 Å². The summed E-state index contributed by atoms with van der Waals surface area (Å²) in [7, 11) is 0. The van der Waals surface area contributed by atoms with E-state index in [2.05, 4.69) is 16.0 Å². The van der Waals surface area contributed by atoms with Gasteiger partial charge in [0.1, 0.15) is 30.5 Å². The Morgan fingerprint density at radius 3 is 2.29 bits per heavy atom. The molecule has 0 bridgehead atoms. The summed E-state index contributed by atoms with van der Waals surface area (Å²) in [6.45, 7) is 0.545. The van der Waals surface area contributed by atoms with E-state index < -0.39 is 67.2 Å². The van der Waals surface area contributed by atoms with Gasteiger partial charge in [-0.15, -0.1) is 0 Å². The van der Waals surface area contributed by atoms with Gasteiger partial charge in [-0.05, 0) is 25.8 Å². The molecule has 0 aromatic heterocycles. The molecule has 31 heavy (non-hydrogen) atoms. The van der Waals surface area contributed by atoms with Crippen LogP contribution in [0.4, 0.5) is 0 Å². The summed E-state index contributed by atoms with van der Waals surface area (Å²) in [5.41, 5.74) is 0. The van der Waals surface area contributed by atoms with Crippen LogP contribution in [-0.2, 0) is 23.9 Å². The molecule has 7 atom stereocenters. The zero-order valence-corrected chi connectivity index (χ0v) is 16.8. The SMILES string of the molecule is O=C(O)CC[C@H](NC(=O)C[C@@H]1O[C@H](CNC(=O)[C@@H]2CCCN2)[C@@H](O)[C@H](O)[C@@H]1O)C(=O)O. The Kier molecular flexibility index (Phi) is 9.13. The molecule has 13 nitrogen and oxygen atoms in total. The number of ether oxygens (including phenoxy) is 1. The number of aliphatic carboxylic acids is 2. The molecule has 2 rings (SSSR count). The van der Waals surface area contributed by atoms with Crippen LogP contribution >= 0.6 is 0 Å². The highest BCUT2D eigenvalue weighted by molar-refractivity contribution is 5.84. The highest BCUT2D eigenvalue weighted by Crippen LogP contribution is 2.23. The molecule has 0 aromatic rings. The normalized spacial score (nSPS) is 31.6. The molecule has 8 N–H and O–H groups in total. The summed E-state index contributed by atoms with van der Waals surface area (Å²) < 4.78 is 5.51. The molecule has 0 radical (unpaired) electrons. The molecule has 0 unspecified atom stereocenters. The van der Waals surface area contributed by atoms with E-state index in [4.69, 9.17) is 14.9 Å². The van der Waals surface area contributed by atoms with E-state index in [1.165, 1.54) is 0 Å². The molecular formula is C18H29N3O10. The van der Waals surface area contributed by atoms with Crippen molar-refractivity contribution in [3.8, 4) is 0 Å². The van der Waals surface area contributed by atoms with Crippen LogP contribution in [-0.4, -0.2) is 105 Å². The highest BCUT2D eigenvalue weighted by Gasteiger charge is 2.44. The van der Waals surface area contributed by atoms with E-state index in [9.17, 15) is 34.5 Å². The summed E-state index contributed by atoms with van der Waals surface area (Å²) in [4.78, 5) is 46.2. The smallest absolute Gasteiger partial charge is 0.326 e. The van der Waals surface area contributed by atoms with Gasteiger partial charge in [-0.3, -0.25) is 14.4 Å². The number of carbonyl (C=O) groups excluding carboxylic acids is 2. The van der Waals surface area contributed by atoms with Gasteiger partial charge in [0.05, 0.1) is 18.6 Å². The predicted octanol–water partition coefficient (Wildman–Crippen LogP) is -3.47. The van der Waals surface area contributed by atoms with Crippen LogP contribution in [0, 0.1) is 0 Å². The number of carboxylic acids is 2. The third kappa shape index (κ3) is 7.11. The van der Waals surface area contributed by atoms with Crippen LogP contribution in [0.15, 0.2) is 0 Å². The van der Waals surface area contributed by atoms with Crippen molar-refractivity contribution < 1.29 is 49.4 Å². The first-order chi connectivity index (χ1) is 14.6. The monoisotopic (exact) mass is 447 g/mol. The van der Waals surface area contributed by atoms with Crippen molar-refractivity contribution in [2.45, 2.75) is 74.7 Å². The summed E-state index contributed by atoms with van der Waals surface area (Å²) >= 11 is 0. The van der Waals surface area contributed by atoms with Gasteiger partial charge in [-0.2, -0.15) is 0 Å². The second kappa shape index (κ2) is 11.3. The zero-order valence-electron chi connectivity index (χ0n) is 16.8.